The molecule has 1 unspecified atom stereocenters. The van der Waals surface area contributed by atoms with Crippen LogP contribution in [0.4, 0.5) is 0 Å². The van der Waals surface area contributed by atoms with Gasteiger partial charge >= 0.3 is 11.9 Å². The van der Waals surface area contributed by atoms with Crippen molar-refractivity contribution in [2.24, 2.45) is 5.41 Å². The second-order valence-electron chi connectivity index (χ2n) is 12.9. The summed E-state index contributed by atoms with van der Waals surface area (Å²) < 4.78 is 17.6. The molecule has 2 aromatic heterocycles. The van der Waals surface area contributed by atoms with E-state index in [0.29, 0.717) is 38.8 Å². The number of pyridine rings is 1. The SMILES string of the molecule is COc1ccc([C@H](Cc2c(Cl)c[n+]([O-])cc2Cl)c2cc(CNC(C(=O)OCC34CCN(CC3)CC4)c3ccccc3)sc2C(=O)O)cc1OC. The molecule has 0 radical (unpaired) electrons. The van der Waals surface area contributed by atoms with Crippen LogP contribution in [0.3, 0.4) is 0 Å². The number of ether oxygens (including phenoxy) is 3. The molecule has 264 valence electrons. The number of piperidine rings is 3. The Morgan fingerprint density at radius 2 is 1.64 bits per heavy atom. The van der Waals surface area contributed by atoms with Crippen LogP contribution in [-0.4, -0.2) is 62.4 Å². The first kappa shape index (κ1) is 35.9. The van der Waals surface area contributed by atoms with Gasteiger partial charge in [-0.25, -0.2) is 9.59 Å². The topological polar surface area (TPSA) is 124 Å². The van der Waals surface area contributed by atoms with Crippen LogP contribution in [0.2, 0.25) is 10.0 Å². The van der Waals surface area contributed by atoms with E-state index in [2.05, 4.69) is 10.2 Å². The molecule has 3 fully saturated rings. The molecule has 3 aliphatic rings. The van der Waals surface area contributed by atoms with Crippen molar-refractivity contribution in [3.63, 3.8) is 0 Å². The summed E-state index contributed by atoms with van der Waals surface area (Å²) >= 11 is 14.2. The molecule has 2 aromatic carbocycles. The second kappa shape index (κ2) is 15.6. The summed E-state index contributed by atoms with van der Waals surface area (Å²) in [4.78, 5) is 29.8. The quantitative estimate of drug-likeness (QED) is 0.0833. The Bertz CT molecular complexity index is 1810. The van der Waals surface area contributed by atoms with Crippen LogP contribution in [0.15, 0.2) is 67.0 Å². The number of nitrogens with zero attached hydrogens (tertiary/aromatic N) is 2. The minimum absolute atomic E-state index is 0.0301. The first-order valence-electron chi connectivity index (χ1n) is 16.4. The molecule has 50 heavy (non-hydrogen) atoms. The Kier molecular flexibility index (Phi) is 11.2. The number of methoxy groups -OCH3 is 2. The van der Waals surface area contributed by atoms with Crippen molar-refractivity contribution in [2.45, 2.75) is 44.2 Å². The van der Waals surface area contributed by atoms with E-state index in [1.165, 1.54) is 26.6 Å². The molecule has 3 saturated heterocycles. The molecule has 0 amide bonds. The summed E-state index contributed by atoms with van der Waals surface area (Å²) in [6.07, 6.45) is 5.70. The number of carbonyl (C=O) groups is 2. The maximum Gasteiger partial charge on any atom is 0.346 e. The number of fused-ring (bicyclic) bond motifs is 3. The number of halogens is 2. The number of rotatable bonds is 14. The smallest absolute Gasteiger partial charge is 0.346 e. The number of aromatic carboxylic acids is 1. The number of carboxylic acids is 1. The Balaban J connectivity index is 1.31. The molecule has 2 atom stereocenters. The van der Waals surface area contributed by atoms with Gasteiger partial charge < -0.3 is 29.4 Å². The number of hydrogen-bond donors (Lipinski definition) is 2. The van der Waals surface area contributed by atoms with E-state index in [4.69, 9.17) is 37.4 Å². The van der Waals surface area contributed by atoms with Crippen LogP contribution < -0.4 is 19.5 Å². The third kappa shape index (κ3) is 7.87. The van der Waals surface area contributed by atoms with E-state index in [0.717, 1.165) is 61.4 Å². The van der Waals surface area contributed by atoms with Gasteiger partial charge in [-0.05, 0) is 80.2 Å². The number of carbonyl (C=O) groups excluding carboxylic acids is 1. The molecule has 0 spiro atoms. The molecule has 10 nitrogen and oxygen atoms in total. The first-order chi connectivity index (χ1) is 24.1. The number of nitrogens with one attached hydrogen (secondary N) is 1. The van der Waals surface area contributed by atoms with Gasteiger partial charge in [-0.3, -0.25) is 5.32 Å². The van der Waals surface area contributed by atoms with Gasteiger partial charge in [0.15, 0.2) is 23.9 Å². The van der Waals surface area contributed by atoms with E-state index in [9.17, 15) is 19.9 Å². The lowest BCUT2D eigenvalue weighted by Crippen LogP contribution is -2.50. The fraction of sp³-hybridized carbons (Fsp3) is 0.378. The number of thiophene rings is 1. The van der Waals surface area contributed by atoms with Crippen LogP contribution in [0, 0.1) is 10.6 Å². The van der Waals surface area contributed by atoms with Crippen molar-refractivity contribution >= 4 is 46.5 Å². The lowest BCUT2D eigenvalue weighted by atomic mass is 9.73. The predicted molar refractivity (Wildman–Crippen MR) is 191 cm³/mol. The summed E-state index contributed by atoms with van der Waals surface area (Å²) in [5.41, 5.74) is 2.54. The molecule has 5 heterocycles. The molecule has 2 N–H and O–H groups in total. The molecule has 4 aromatic rings. The third-order valence-corrected chi connectivity index (χ3v) is 11.7. The highest BCUT2D eigenvalue weighted by molar-refractivity contribution is 7.14. The Hall–Kier alpha value is -3.87. The Morgan fingerprint density at radius 1 is 0.980 bits per heavy atom. The van der Waals surface area contributed by atoms with Crippen LogP contribution in [0.1, 0.15) is 68.0 Å². The van der Waals surface area contributed by atoms with Crippen molar-refractivity contribution in [3.8, 4) is 11.5 Å². The van der Waals surface area contributed by atoms with Gasteiger partial charge in [-0.1, -0.05) is 59.6 Å². The Labute approximate surface area is 305 Å². The van der Waals surface area contributed by atoms with E-state index in [1.54, 1.807) is 12.1 Å². The highest BCUT2D eigenvalue weighted by atomic mass is 35.5. The average Bonchev–Trinajstić information content (AvgIpc) is 3.56. The zero-order chi connectivity index (χ0) is 35.4. The maximum atomic E-state index is 13.7. The van der Waals surface area contributed by atoms with Gasteiger partial charge in [0.2, 0.25) is 0 Å². The fourth-order valence-electron chi connectivity index (χ4n) is 6.98. The standard InChI is InChI=1S/C37H39Cl2N3O7S/c1-47-31-9-8-24(16-32(31)48-2)26(18-28-29(38)20-42(46)21-30(28)39)27-17-25(50-34(27)35(43)44)19-40-33(23-6-4-3-5-7-23)36(45)49-22-37-10-13-41(14-11-37)15-12-37/h3-9,16-17,20-21,26,33,40H,10-15,18-19,22H2,1-2H3,(H,43,44)/t26-,33?/m0/s1. The summed E-state index contributed by atoms with van der Waals surface area (Å²) in [6, 6.07) is 15.9. The van der Waals surface area contributed by atoms with Gasteiger partial charge in [-0.15, -0.1) is 11.3 Å². The highest BCUT2D eigenvalue weighted by Gasteiger charge is 2.41. The van der Waals surface area contributed by atoms with Crippen LogP contribution >= 0.6 is 34.5 Å². The van der Waals surface area contributed by atoms with Gasteiger partial charge in [0.1, 0.15) is 21.0 Å². The molecule has 0 saturated carbocycles. The average molecular weight is 741 g/mol. The van der Waals surface area contributed by atoms with Gasteiger partial charge in [0, 0.05) is 28.3 Å². The number of esters is 1. The molecule has 7 rings (SSSR count). The Morgan fingerprint density at radius 3 is 2.26 bits per heavy atom. The summed E-state index contributed by atoms with van der Waals surface area (Å²) in [7, 11) is 3.06. The summed E-state index contributed by atoms with van der Waals surface area (Å²) in [5, 5.41) is 26.1. The lowest BCUT2D eigenvalue weighted by Gasteiger charge is -2.48. The van der Waals surface area contributed by atoms with Crippen molar-refractivity contribution in [1.29, 1.82) is 0 Å². The molecule has 2 bridgehead atoms. The molecule has 0 aliphatic carbocycles. The normalized spacial score (nSPS) is 19.5. The summed E-state index contributed by atoms with van der Waals surface area (Å²) in [6.45, 7) is 3.71. The zero-order valence-electron chi connectivity index (χ0n) is 27.8. The van der Waals surface area contributed by atoms with Crippen LogP contribution in [-0.2, 0) is 22.5 Å². The second-order valence-corrected chi connectivity index (χ2v) is 14.8. The number of benzene rings is 2. The van der Waals surface area contributed by atoms with E-state index in [-0.39, 0.29) is 39.3 Å². The lowest BCUT2D eigenvalue weighted by molar-refractivity contribution is -0.605. The zero-order valence-corrected chi connectivity index (χ0v) is 30.2. The molecule has 13 heteroatoms. The van der Waals surface area contributed by atoms with Gasteiger partial charge in [0.05, 0.1) is 20.8 Å². The molecular formula is C37H39Cl2N3O7S. The van der Waals surface area contributed by atoms with Gasteiger partial charge in [0.25, 0.3) is 0 Å². The summed E-state index contributed by atoms with van der Waals surface area (Å²) in [5.74, 6) is -1.03. The van der Waals surface area contributed by atoms with Crippen molar-refractivity contribution in [3.05, 3.63) is 114 Å². The van der Waals surface area contributed by atoms with E-state index in [1.807, 2.05) is 42.5 Å². The molecular weight excluding hydrogens is 701 g/mol. The number of aromatic nitrogens is 1. The minimum atomic E-state index is -1.10. The van der Waals surface area contributed by atoms with Crippen molar-refractivity contribution in [2.75, 3.05) is 40.5 Å². The fourth-order valence-corrected chi connectivity index (χ4v) is 8.59. The molecule has 3 aliphatic heterocycles. The maximum absolute atomic E-state index is 13.7. The predicted octanol–water partition coefficient (Wildman–Crippen LogP) is 6.64. The number of carboxylic acid groups (broad SMARTS) is 1. The third-order valence-electron chi connectivity index (χ3n) is 9.90. The minimum Gasteiger partial charge on any atom is -0.619 e. The largest absolute Gasteiger partial charge is 0.619 e. The van der Waals surface area contributed by atoms with Crippen molar-refractivity contribution < 1.29 is 33.6 Å². The highest BCUT2D eigenvalue weighted by Crippen LogP contribution is 2.42. The van der Waals surface area contributed by atoms with Gasteiger partial charge in [-0.2, -0.15) is 4.73 Å². The van der Waals surface area contributed by atoms with Crippen LogP contribution in [0.5, 0.6) is 11.5 Å². The van der Waals surface area contributed by atoms with Crippen molar-refractivity contribution in [1.82, 2.24) is 10.2 Å². The first-order valence-corrected chi connectivity index (χ1v) is 18.0. The number of hydrogen-bond acceptors (Lipinski definition) is 9. The monoisotopic (exact) mass is 739 g/mol. The van der Waals surface area contributed by atoms with Crippen LogP contribution in [0.25, 0.3) is 0 Å². The van der Waals surface area contributed by atoms with E-state index >= 15 is 0 Å². The van der Waals surface area contributed by atoms with E-state index < -0.39 is 17.9 Å².